The topological polar surface area (TPSA) is 84.9 Å². The molecule has 1 aliphatic rings. The van der Waals surface area contributed by atoms with E-state index < -0.39 is 31.1 Å². The second-order valence-corrected chi connectivity index (χ2v) is 7.54. The molecule has 1 aromatic carbocycles. The summed E-state index contributed by atoms with van der Waals surface area (Å²) in [4.78, 5) is 12.3. The number of carbonyl (C=O) groups excluding carboxylic acids is 1. The summed E-state index contributed by atoms with van der Waals surface area (Å²) in [6.45, 7) is 6.66. The lowest BCUT2D eigenvalue weighted by Gasteiger charge is -2.32. The van der Waals surface area contributed by atoms with Gasteiger partial charge in [0.05, 0.1) is 12.2 Å². The van der Waals surface area contributed by atoms with Gasteiger partial charge in [0, 0.05) is 11.3 Å². The van der Waals surface area contributed by atoms with Crippen molar-refractivity contribution in [3.63, 3.8) is 0 Å². The normalized spacial score (nSPS) is 21.8. The third kappa shape index (κ3) is 2.64. The second kappa shape index (κ2) is 5.54. The number of rotatable bonds is 5. The van der Waals surface area contributed by atoms with E-state index in [-0.39, 0.29) is 5.56 Å². The zero-order valence-electron chi connectivity index (χ0n) is 12.5. The number of benzene rings is 1. The van der Waals surface area contributed by atoms with Crippen LogP contribution >= 0.6 is 7.60 Å². The van der Waals surface area contributed by atoms with Gasteiger partial charge in [0.2, 0.25) is 0 Å². The Hall–Kier alpha value is -1.20. The molecule has 21 heavy (non-hydrogen) atoms. The van der Waals surface area contributed by atoms with Crippen LogP contribution in [-0.4, -0.2) is 23.2 Å². The molecule has 0 aromatic heterocycles. The monoisotopic (exact) mass is 313 g/mol. The highest BCUT2D eigenvalue weighted by Crippen LogP contribution is 2.67. The highest BCUT2D eigenvalue weighted by atomic mass is 31.2. The summed E-state index contributed by atoms with van der Waals surface area (Å²) >= 11 is 0. The minimum absolute atomic E-state index is 0.208. The maximum atomic E-state index is 13.2. The van der Waals surface area contributed by atoms with E-state index >= 15 is 0 Å². The number of hydrogen-bond donors (Lipinski definition) is 2. The van der Waals surface area contributed by atoms with Gasteiger partial charge in [0.25, 0.3) is 11.2 Å². The van der Waals surface area contributed by atoms with E-state index in [1.54, 1.807) is 45.9 Å². The summed E-state index contributed by atoms with van der Waals surface area (Å²) in [5.41, 5.74) is 0.615. The first kappa shape index (κ1) is 16.2. The van der Waals surface area contributed by atoms with Crippen molar-refractivity contribution in [3.8, 4) is 0 Å². The van der Waals surface area contributed by atoms with Crippen LogP contribution in [0.5, 0.6) is 0 Å². The molecule has 1 aliphatic heterocycles. The van der Waals surface area contributed by atoms with Crippen LogP contribution in [-0.2, 0) is 23.7 Å². The van der Waals surface area contributed by atoms with Gasteiger partial charge in [-0.15, -0.1) is 0 Å². The van der Waals surface area contributed by atoms with Crippen LogP contribution < -0.4 is 5.32 Å². The Labute approximate surface area is 124 Å². The molecule has 0 unspecified atom stereocenters. The van der Waals surface area contributed by atoms with Crippen molar-refractivity contribution in [1.82, 2.24) is 0 Å². The van der Waals surface area contributed by atoms with Gasteiger partial charge < -0.3 is 19.5 Å². The minimum atomic E-state index is -4.14. The molecule has 0 saturated heterocycles. The lowest BCUT2D eigenvalue weighted by Crippen LogP contribution is -2.37. The number of hydrogen-bond acceptors (Lipinski definition) is 5. The molecule has 1 heterocycles. The maximum absolute atomic E-state index is 13.2. The molecule has 116 valence electrons. The predicted molar refractivity (Wildman–Crippen MR) is 79.0 cm³/mol. The van der Waals surface area contributed by atoms with E-state index in [0.29, 0.717) is 5.69 Å². The molecule has 1 amide bonds. The van der Waals surface area contributed by atoms with Crippen molar-refractivity contribution < 1.29 is 23.5 Å². The molecule has 0 bridgehead atoms. The Morgan fingerprint density at radius 1 is 1.14 bits per heavy atom. The fourth-order valence-corrected chi connectivity index (χ4v) is 4.49. The molecule has 0 fully saturated rings. The summed E-state index contributed by atoms with van der Waals surface area (Å²) in [5.74, 6) is -0.798. The fraction of sp³-hybridized carbons (Fsp3) is 0.500. The second-order valence-electron chi connectivity index (χ2n) is 5.48. The summed E-state index contributed by atoms with van der Waals surface area (Å²) in [6.07, 6.45) is -0.946. The van der Waals surface area contributed by atoms with Crippen molar-refractivity contribution in [2.24, 2.45) is 0 Å². The predicted octanol–water partition coefficient (Wildman–Crippen LogP) is 2.83. The zero-order chi connectivity index (χ0) is 15.8. The molecule has 1 atom stereocenters. The third-order valence-electron chi connectivity index (χ3n) is 2.96. The molecule has 0 radical (unpaired) electrons. The van der Waals surface area contributed by atoms with Crippen molar-refractivity contribution in [2.75, 3.05) is 5.32 Å². The van der Waals surface area contributed by atoms with Crippen molar-refractivity contribution >= 4 is 19.2 Å². The van der Waals surface area contributed by atoms with E-state index in [9.17, 15) is 14.5 Å². The van der Waals surface area contributed by atoms with Crippen LogP contribution in [0.15, 0.2) is 24.3 Å². The van der Waals surface area contributed by atoms with Gasteiger partial charge in [0.1, 0.15) is 0 Å². The van der Waals surface area contributed by atoms with Crippen LogP contribution in [0.4, 0.5) is 5.69 Å². The molecular formula is C14H20NO5P. The van der Waals surface area contributed by atoms with E-state index in [0.717, 1.165) is 0 Å². The average molecular weight is 313 g/mol. The van der Waals surface area contributed by atoms with Crippen molar-refractivity contribution in [3.05, 3.63) is 29.8 Å². The maximum Gasteiger partial charge on any atom is 0.377 e. The van der Waals surface area contributed by atoms with E-state index in [4.69, 9.17) is 9.05 Å². The standard InChI is InChI=1S/C14H20NO5P/c1-9(2)19-21(18,20-10(3)4)14(17)11-7-5-6-8-12(11)15-13(14)16/h5-10,17H,1-4H3,(H,15,16)/t14-/m0/s1. The molecule has 7 heteroatoms. The quantitative estimate of drug-likeness (QED) is 0.817. The number of anilines is 1. The van der Waals surface area contributed by atoms with Gasteiger partial charge in [-0.05, 0) is 33.8 Å². The molecule has 2 rings (SSSR count). The summed E-state index contributed by atoms with van der Waals surface area (Å²) in [5, 5.41) is 11.1. The third-order valence-corrected chi connectivity index (χ3v) is 5.60. The Bertz CT molecular complexity index is 587. The van der Waals surface area contributed by atoms with E-state index in [1.165, 1.54) is 6.07 Å². The smallest absolute Gasteiger partial charge is 0.366 e. The first-order valence-electron chi connectivity index (χ1n) is 6.81. The molecular weight excluding hydrogens is 293 g/mol. The highest BCUT2D eigenvalue weighted by Gasteiger charge is 2.62. The zero-order valence-corrected chi connectivity index (χ0v) is 13.4. The molecule has 6 nitrogen and oxygen atoms in total. The first-order chi connectivity index (χ1) is 9.70. The van der Waals surface area contributed by atoms with Gasteiger partial charge in [-0.25, -0.2) is 0 Å². The van der Waals surface area contributed by atoms with Gasteiger partial charge >= 0.3 is 7.60 Å². The highest BCUT2D eigenvalue weighted by molar-refractivity contribution is 7.56. The summed E-state index contributed by atoms with van der Waals surface area (Å²) in [6, 6.07) is 6.52. The lowest BCUT2D eigenvalue weighted by atomic mass is 10.1. The average Bonchev–Trinajstić information content (AvgIpc) is 2.61. The lowest BCUT2D eigenvalue weighted by molar-refractivity contribution is -0.128. The van der Waals surface area contributed by atoms with Crippen molar-refractivity contribution in [1.29, 1.82) is 0 Å². The van der Waals surface area contributed by atoms with Crippen LogP contribution in [0.2, 0.25) is 0 Å². The Kier molecular flexibility index (Phi) is 4.26. The van der Waals surface area contributed by atoms with Gasteiger partial charge in [-0.3, -0.25) is 9.36 Å². The Morgan fingerprint density at radius 3 is 2.19 bits per heavy atom. The van der Waals surface area contributed by atoms with E-state index in [2.05, 4.69) is 5.32 Å². The number of nitrogens with one attached hydrogen (secondary N) is 1. The largest absolute Gasteiger partial charge is 0.377 e. The summed E-state index contributed by atoms with van der Waals surface area (Å²) < 4.78 is 23.9. The number of fused-ring (bicyclic) bond motifs is 1. The van der Waals surface area contributed by atoms with Gasteiger partial charge in [-0.1, -0.05) is 18.2 Å². The number of amides is 1. The minimum Gasteiger partial charge on any atom is -0.366 e. The van der Waals surface area contributed by atoms with Gasteiger partial charge in [-0.2, -0.15) is 0 Å². The number of aliphatic hydroxyl groups is 1. The van der Waals surface area contributed by atoms with Crippen LogP contribution in [0.3, 0.4) is 0 Å². The number of carbonyl (C=O) groups is 1. The molecule has 0 aliphatic carbocycles. The van der Waals surface area contributed by atoms with Crippen LogP contribution in [0, 0.1) is 0 Å². The first-order valence-corrected chi connectivity index (χ1v) is 8.35. The Balaban J connectivity index is 2.58. The van der Waals surface area contributed by atoms with Crippen LogP contribution in [0.1, 0.15) is 33.3 Å². The van der Waals surface area contributed by atoms with E-state index in [1.807, 2.05) is 0 Å². The Morgan fingerprint density at radius 2 is 1.67 bits per heavy atom. The SMILES string of the molecule is CC(C)OP(=O)(OC(C)C)[C@]1(O)C(=O)Nc2ccccc21. The molecule has 0 spiro atoms. The fourth-order valence-electron chi connectivity index (χ4n) is 2.23. The van der Waals surface area contributed by atoms with Crippen molar-refractivity contribution in [2.45, 2.75) is 45.2 Å². The summed E-state index contributed by atoms with van der Waals surface area (Å²) in [7, 11) is -4.14. The molecule has 0 saturated carbocycles. The molecule has 1 aromatic rings. The van der Waals surface area contributed by atoms with Gasteiger partial charge in [0.15, 0.2) is 0 Å². The molecule has 2 N–H and O–H groups in total. The number of para-hydroxylation sites is 1. The van der Waals surface area contributed by atoms with Crippen LogP contribution in [0.25, 0.3) is 0 Å².